The molecule has 19 heavy (non-hydrogen) atoms. The Kier molecular flexibility index (Phi) is 3.05. The second kappa shape index (κ2) is 4.60. The van der Waals surface area contributed by atoms with Crippen LogP contribution in [0, 0.1) is 0 Å². The standard InChI is InChI=1S/C13H7Cl3N2O/c14-6-1-4-9-10(5-6)19-13(18-9)11-7(15)2-3-8(16)12(11)17/h1-5H,17H2. The molecule has 6 heteroatoms. The van der Waals surface area contributed by atoms with E-state index in [0.717, 1.165) is 0 Å². The molecule has 1 heterocycles. The Bertz CT molecular complexity index is 783. The maximum absolute atomic E-state index is 6.13. The van der Waals surface area contributed by atoms with Crippen LogP contribution in [0.5, 0.6) is 0 Å². The first kappa shape index (κ1) is 12.6. The van der Waals surface area contributed by atoms with Crippen LogP contribution in [0.25, 0.3) is 22.6 Å². The molecule has 0 amide bonds. The highest BCUT2D eigenvalue weighted by Gasteiger charge is 2.17. The molecule has 3 rings (SSSR count). The average Bonchev–Trinajstić information content (AvgIpc) is 2.77. The van der Waals surface area contributed by atoms with E-state index in [-0.39, 0.29) is 0 Å². The van der Waals surface area contributed by atoms with E-state index in [2.05, 4.69) is 4.98 Å². The van der Waals surface area contributed by atoms with Gasteiger partial charge in [-0.3, -0.25) is 0 Å². The lowest BCUT2D eigenvalue weighted by atomic mass is 10.2. The fourth-order valence-corrected chi connectivity index (χ4v) is 2.36. The van der Waals surface area contributed by atoms with E-state index in [1.165, 1.54) is 0 Å². The molecule has 0 bridgehead atoms. The summed E-state index contributed by atoms with van der Waals surface area (Å²) >= 11 is 18.0. The van der Waals surface area contributed by atoms with E-state index in [4.69, 9.17) is 45.0 Å². The quantitative estimate of drug-likeness (QED) is 0.640. The van der Waals surface area contributed by atoms with Crippen LogP contribution in [-0.2, 0) is 0 Å². The van der Waals surface area contributed by atoms with Crippen LogP contribution in [0.15, 0.2) is 34.7 Å². The first-order valence-electron chi connectivity index (χ1n) is 5.36. The number of fused-ring (bicyclic) bond motifs is 1. The molecule has 0 spiro atoms. The molecule has 0 saturated heterocycles. The molecular weight excluding hydrogens is 307 g/mol. The van der Waals surface area contributed by atoms with Crippen molar-refractivity contribution in [2.24, 2.45) is 0 Å². The molecular formula is C13H7Cl3N2O. The topological polar surface area (TPSA) is 52.0 Å². The Morgan fingerprint density at radius 3 is 2.53 bits per heavy atom. The lowest BCUT2D eigenvalue weighted by Gasteiger charge is -2.05. The third-order valence-corrected chi connectivity index (χ3v) is 3.59. The molecule has 2 aromatic carbocycles. The van der Waals surface area contributed by atoms with E-state index in [1.807, 2.05) is 0 Å². The molecule has 0 aliphatic rings. The largest absolute Gasteiger partial charge is 0.436 e. The highest BCUT2D eigenvalue weighted by molar-refractivity contribution is 6.37. The predicted octanol–water partition coefficient (Wildman–Crippen LogP) is 5.04. The molecule has 0 saturated carbocycles. The highest BCUT2D eigenvalue weighted by atomic mass is 35.5. The van der Waals surface area contributed by atoms with Crippen molar-refractivity contribution in [2.45, 2.75) is 0 Å². The van der Waals surface area contributed by atoms with Gasteiger partial charge in [-0.1, -0.05) is 34.8 Å². The number of hydrogen-bond acceptors (Lipinski definition) is 3. The fourth-order valence-electron chi connectivity index (χ4n) is 1.79. The van der Waals surface area contributed by atoms with Gasteiger partial charge in [-0.05, 0) is 24.3 Å². The van der Waals surface area contributed by atoms with Crippen molar-refractivity contribution < 1.29 is 4.42 Å². The molecule has 0 radical (unpaired) electrons. The third kappa shape index (κ3) is 2.14. The summed E-state index contributed by atoms with van der Waals surface area (Å²) in [4.78, 5) is 4.34. The van der Waals surface area contributed by atoms with Gasteiger partial charge in [0.05, 0.1) is 21.3 Å². The lowest BCUT2D eigenvalue weighted by Crippen LogP contribution is -1.92. The molecule has 1 aromatic heterocycles. The minimum atomic E-state index is 0.322. The van der Waals surface area contributed by atoms with Gasteiger partial charge in [0.1, 0.15) is 5.52 Å². The number of nitrogen functional groups attached to an aromatic ring is 1. The van der Waals surface area contributed by atoms with Crippen LogP contribution in [0.2, 0.25) is 15.1 Å². The number of nitrogens with zero attached hydrogens (tertiary/aromatic N) is 1. The van der Waals surface area contributed by atoms with Crippen molar-refractivity contribution >= 4 is 51.6 Å². The minimum absolute atomic E-state index is 0.322. The summed E-state index contributed by atoms with van der Waals surface area (Å²) in [6.07, 6.45) is 0. The first-order valence-corrected chi connectivity index (χ1v) is 6.49. The second-order valence-electron chi connectivity index (χ2n) is 3.95. The van der Waals surface area contributed by atoms with Gasteiger partial charge in [-0.2, -0.15) is 0 Å². The number of benzene rings is 2. The van der Waals surface area contributed by atoms with Crippen LogP contribution in [0.4, 0.5) is 5.69 Å². The number of nitrogens with two attached hydrogens (primary N) is 1. The summed E-state index contributed by atoms with van der Waals surface area (Å²) < 4.78 is 5.63. The number of halogens is 3. The summed E-state index contributed by atoms with van der Waals surface area (Å²) in [7, 11) is 0. The second-order valence-corrected chi connectivity index (χ2v) is 5.20. The van der Waals surface area contributed by atoms with Crippen LogP contribution in [0.1, 0.15) is 0 Å². The monoisotopic (exact) mass is 312 g/mol. The van der Waals surface area contributed by atoms with Gasteiger partial charge in [0, 0.05) is 11.1 Å². The maximum Gasteiger partial charge on any atom is 0.230 e. The highest BCUT2D eigenvalue weighted by Crippen LogP contribution is 2.38. The van der Waals surface area contributed by atoms with Gasteiger partial charge in [-0.25, -0.2) is 4.98 Å². The van der Waals surface area contributed by atoms with Crippen LogP contribution < -0.4 is 5.73 Å². The van der Waals surface area contributed by atoms with Gasteiger partial charge in [-0.15, -0.1) is 0 Å². The molecule has 0 atom stereocenters. The van der Waals surface area contributed by atoms with Crippen molar-refractivity contribution in [1.29, 1.82) is 0 Å². The van der Waals surface area contributed by atoms with E-state index in [1.54, 1.807) is 30.3 Å². The molecule has 0 fully saturated rings. The molecule has 2 N–H and O–H groups in total. The number of anilines is 1. The van der Waals surface area contributed by atoms with Crippen LogP contribution >= 0.6 is 34.8 Å². The van der Waals surface area contributed by atoms with Gasteiger partial charge in [0.2, 0.25) is 5.89 Å². The van der Waals surface area contributed by atoms with Crippen molar-refractivity contribution in [3.8, 4) is 11.5 Å². The molecule has 0 unspecified atom stereocenters. The zero-order chi connectivity index (χ0) is 13.6. The van der Waals surface area contributed by atoms with Crippen LogP contribution in [-0.4, -0.2) is 4.98 Å². The van der Waals surface area contributed by atoms with Crippen molar-refractivity contribution in [3.05, 3.63) is 45.4 Å². The molecule has 0 aliphatic heterocycles. The number of hydrogen-bond donors (Lipinski definition) is 1. The number of rotatable bonds is 1. The summed E-state index contributed by atoms with van der Waals surface area (Å²) in [5.74, 6) is 0.322. The van der Waals surface area contributed by atoms with Crippen molar-refractivity contribution in [1.82, 2.24) is 4.98 Å². The van der Waals surface area contributed by atoms with Gasteiger partial charge in [0.15, 0.2) is 5.58 Å². The Morgan fingerprint density at radius 1 is 1.00 bits per heavy atom. The van der Waals surface area contributed by atoms with Gasteiger partial charge in [0.25, 0.3) is 0 Å². The predicted molar refractivity (Wildman–Crippen MR) is 78.9 cm³/mol. The average molecular weight is 314 g/mol. The fraction of sp³-hybridized carbons (Fsp3) is 0. The van der Waals surface area contributed by atoms with Crippen LogP contribution in [0.3, 0.4) is 0 Å². The summed E-state index contributed by atoms with van der Waals surface area (Å²) in [6, 6.07) is 8.46. The Labute approximate surface area is 123 Å². The summed E-state index contributed by atoms with van der Waals surface area (Å²) in [5, 5.41) is 1.40. The van der Waals surface area contributed by atoms with Crippen molar-refractivity contribution in [3.63, 3.8) is 0 Å². The number of aromatic nitrogens is 1. The van der Waals surface area contributed by atoms with E-state index in [0.29, 0.717) is 43.3 Å². The molecule has 96 valence electrons. The van der Waals surface area contributed by atoms with Gasteiger partial charge >= 0.3 is 0 Å². The first-order chi connectivity index (χ1) is 9.06. The van der Waals surface area contributed by atoms with E-state index >= 15 is 0 Å². The maximum atomic E-state index is 6.13. The summed E-state index contributed by atoms with van der Waals surface area (Å²) in [5.41, 5.74) is 8.00. The lowest BCUT2D eigenvalue weighted by molar-refractivity contribution is 0.620. The summed E-state index contributed by atoms with van der Waals surface area (Å²) in [6.45, 7) is 0. The molecule has 3 aromatic rings. The normalized spacial score (nSPS) is 11.1. The smallest absolute Gasteiger partial charge is 0.230 e. The Morgan fingerprint density at radius 2 is 1.74 bits per heavy atom. The minimum Gasteiger partial charge on any atom is -0.436 e. The molecule has 0 aliphatic carbocycles. The van der Waals surface area contributed by atoms with E-state index < -0.39 is 0 Å². The Hall–Kier alpha value is -1.42. The van der Waals surface area contributed by atoms with Gasteiger partial charge < -0.3 is 10.2 Å². The van der Waals surface area contributed by atoms with E-state index in [9.17, 15) is 0 Å². The molecule has 3 nitrogen and oxygen atoms in total. The number of oxazole rings is 1. The Balaban J connectivity index is 2.27. The zero-order valence-electron chi connectivity index (χ0n) is 9.45. The third-order valence-electron chi connectivity index (χ3n) is 2.71. The SMILES string of the molecule is Nc1c(Cl)ccc(Cl)c1-c1nc2ccc(Cl)cc2o1. The van der Waals surface area contributed by atoms with Crippen molar-refractivity contribution in [2.75, 3.05) is 5.73 Å². The zero-order valence-corrected chi connectivity index (χ0v) is 11.7.